The van der Waals surface area contributed by atoms with Gasteiger partial charge in [-0.1, -0.05) is 6.92 Å². The zero-order valence-electron chi connectivity index (χ0n) is 20.9. The molecule has 10 nitrogen and oxygen atoms in total. The summed E-state index contributed by atoms with van der Waals surface area (Å²) in [6.45, 7) is 3.33. The van der Waals surface area contributed by atoms with Gasteiger partial charge in [-0.15, -0.1) is 0 Å². The van der Waals surface area contributed by atoms with Crippen molar-refractivity contribution in [1.82, 2.24) is 9.03 Å². The molecule has 1 unspecified atom stereocenters. The van der Waals surface area contributed by atoms with E-state index in [1.165, 1.54) is 27.9 Å². The van der Waals surface area contributed by atoms with E-state index in [0.29, 0.717) is 30.2 Å². The van der Waals surface area contributed by atoms with E-state index in [0.717, 1.165) is 5.69 Å². The molecule has 1 N–H and O–H groups in total. The zero-order valence-corrected chi connectivity index (χ0v) is 22.5. The molecule has 0 bridgehead atoms. The summed E-state index contributed by atoms with van der Waals surface area (Å²) >= 11 is -2.51. The maximum absolute atomic E-state index is 13.5. The van der Waals surface area contributed by atoms with Crippen molar-refractivity contribution in [3.05, 3.63) is 48.3 Å². The third-order valence-electron chi connectivity index (χ3n) is 5.99. The number of hydrogen-bond donors (Lipinski definition) is 1. The van der Waals surface area contributed by atoms with Crippen LogP contribution >= 0.6 is 0 Å². The molecule has 2 atom stereocenters. The number of nitrogens with one attached hydrogen (secondary N) is 1. The molecule has 1 aliphatic rings. The van der Waals surface area contributed by atoms with Gasteiger partial charge in [-0.25, -0.2) is 9.11 Å². The third-order valence-corrected chi connectivity index (χ3v) is 8.28. The molecule has 0 aromatic heterocycles. The quantitative estimate of drug-likeness (QED) is 0.432. The van der Waals surface area contributed by atoms with Gasteiger partial charge in [-0.3, -0.25) is 4.21 Å². The lowest BCUT2D eigenvalue weighted by Crippen LogP contribution is -2.52. The highest BCUT2D eigenvalue weighted by Crippen LogP contribution is 2.30. The summed E-state index contributed by atoms with van der Waals surface area (Å²) < 4.78 is 73.4. The van der Waals surface area contributed by atoms with Crippen LogP contribution in [0.15, 0.2) is 42.5 Å². The number of rotatable bonds is 11. The highest BCUT2D eigenvalue weighted by atomic mass is 32.2. The molecular weight excluding hydrogens is 509 g/mol. The molecule has 3 rings (SSSR count). The minimum atomic E-state index is -3.75. The summed E-state index contributed by atoms with van der Waals surface area (Å²) in [6, 6.07) is 11.4. The Labute approximate surface area is 215 Å². The van der Waals surface area contributed by atoms with Gasteiger partial charge in [0.2, 0.25) is 0 Å². The molecule has 0 aliphatic carbocycles. The molecule has 1 heterocycles. The van der Waals surface area contributed by atoms with Gasteiger partial charge >= 0.3 is 0 Å². The van der Waals surface area contributed by atoms with Crippen molar-refractivity contribution in [3.8, 4) is 5.75 Å². The highest BCUT2D eigenvalue weighted by Gasteiger charge is 2.28. The van der Waals surface area contributed by atoms with Crippen molar-refractivity contribution in [3.63, 3.8) is 0 Å². The second-order valence-electron chi connectivity index (χ2n) is 8.85. The normalized spacial score (nSPS) is 16.4. The molecule has 200 valence electrons. The average Bonchev–Trinajstić information content (AvgIpc) is 2.86. The Kier molecular flexibility index (Phi) is 9.53. The lowest BCUT2D eigenvalue weighted by Gasteiger charge is -2.36. The number of nitrogens with zero attached hydrogens (tertiary/aromatic N) is 4. The van der Waals surface area contributed by atoms with E-state index >= 15 is 0 Å². The minimum Gasteiger partial charge on any atom is -0.755 e. The van der Waals surface area contributed by atoms with Crippen molar-refractivity contribution < 1.29 is 26.3 Å². The fraction of sp³-hybridized carbons (Fsp3) is 0.478. The number of piperazine rings is 1. The van der Waals surface area contributed by atoms with Crippen molar-refractivity contribution in [2.75, 3.05) is 74.6 Å². The monoisotopic (exact) mass is 542 g/mol. The lowest BCUT2D eigenvalue weighted by atomic mass is 10.2. The molecule has 36 heavy (non-hydrogen) atoms. The summed E-state index contributed by atoms with van der Waals surface area (Å²) in [6.07, 6.45) is 0. The van der Waals surface area contributed by atoms with Crippen molar-refractivity contribution >= 4 is 38.5 Å². The number of benzene rings is 2. The fourth-order valence-corrected chi connectivity index (χ4v) is 5.93. The Morgan fingerprint density at radius 1 is 1.11 bits per heavy atom. The Hall–Kier alpha value is -2.45. The molecule has 2 aromatic carbocycles. The van der Waals surface area contributed by atoms with Gasteiger partial charge < -0.3 is 23.4 Å². The van der Waals surface area contributed by atoms with Crippen molar-refractivity contribution in [2.45, 2.75) is 6.92 Å². The van der Waals surface area contributed by atoms with Crippen LogP contribution in [0.5, 0.6) is 5.75 Å². The number of ether oxygens (including phenoxy) is 1. The highest BCUT2D eigenvalue weighted by molar-refractivity contribution is 7.87. The zero-order chi connectivity index (χ0) is 26.5. The van der Waals surface area contributed by atoms with Gasteiger partial charge in [-0.2, -0.15) is 12.7 Å². The molecule has 0 amide bonds. The first-order valence-corrected chi connectivity index (χ1v) is 14.0. The molecule has 2 aromatic rings. The van der Waals surface area contributed by atoms with Gasteiger partial charge in [0.25, 0.3) is 10.2 Å². The van der Waals surface area contributed by atoms with Crippen LogP contribution in [-0.2, 0) is 21.5 Å². The fourth-order valence-electron chi connectivity index (χ4n) is 3.94. The molecule has 1 fully saturated rings. The minimum absolute atomic E-state index is 0.0812. The Morgan fingerprint density at radius 3 is 2.28 bits per heavy atom. The van der Waals surface area contributed by atoms with Crippen LogP contribution in [0.2, 0.25) is 0 Å². The van der Waals surface area contributed by atoms with Crippen LogP contribution in [0.4, 0.5) is 21.5 Å². The summed E-state index contributed by atoms with van der Waals surface area (Å²) in [5.74, 6) is -0.286. The summed E-state index contributed by atoms with van der Waals surface area (Å²) in [5.41, 5.74) is 2.16. The van der Waals surface area contributed by atoms with Crippen LogP contribution in [0.3, 0.4) is 0 Å². The Balaban J connectivity index is 1.55. The average molecular weight is 543 g/mol. The molecular formula is C23H33FN5O5S2-. The molecule has 1 saturated heterocycles. The topological polar surface area (TPSA) is 108 Å². The third kappa shape index (κ3) is 7.07. The van der Waals surface area contributed by atoms with E-state index in [1.807, 2.05) is 36.0 Å². The summed E-state index contributed by atoms with van der Waals surface area (Å²) in [5, 5.41) is 0. The van der Waals surface area contributed by atoms with E-state index in [1.54, 1.807) is 25.1 Å². The predicted octanol–water partition coefficient (Wildman–Crippen LogP) is 1.79. The number of hydrogen-bond acceptors (Lipinski definition) is 7. The molecule has 0 radical (unpaired) electrons. The van der Waals surface area contributed by atoms with Gasteiger partial charge in [0, 0.05) is 82.1 Å². The lowest BCUT2D eigenvalue weighted by molar-refractivity contribution is 0.370. The standard InChI is InChI=1S/C23H34FN5O5S2/c1-18(17-29(35(30)31)21-8-6-20(7-9-21)26(2)3)16-25-36(32,33)28-13-11-27(12-14-28)22-10-5-19(24)15-23(22)34-4/h5-10,15,18,25H,11-14,16-17H2,1-4H3,(H,30,31)/p-1/t18-/m0/s1. The Bertz CT molecular complexity index is 1140. The van der Waals surface area contributed by atoms with Crippen LogP contribution in [0.1, 0.15) is 6.92 Å². The molecule has 13 heteroatoms. The van der Waals surface area contributed by atoms with Gasteiger partial charge in [0.05, 0.1) is 12.8 Å². The Morgan fingerprint density at radius 2 is 1.72 bits per heavy atom. The van der Waals surface area contributed by atoms with Crippen LogP contribution < -0.4 is 23.6 Å². The van der Waals surface area contributed by atoms with Crippen LogP contribution in [0.25, 0.3) is 0 Å². The molecule has 0 saturated carbocycles. The first-order chi connectivity index (χ1) is 17.0. The molecule has 0 spiro atoms. The van der Waals surface area contributed by atoms with Gasteiger partial charge in [-0.05, 0) is 42.3 Å². The maximum atomic E-state index is 13.5. The number of halogens is 1. The van der Waals surface area contributed by atoms with Crippen LogP contribution in [-0.4, -0.2) is 82.0 Å². The predicted molar refractivity (Wildman–Crippen MR) is 140 cm³/mol. The van der Waals surface area contributed by atoms with E-state index < -0.39 is 27.3 Å². The SMILES string of the molecule is COc1cc(F)ccc1N1CCN(S(=O)(=O)NC[C@H](C)CN(c2ccc(N(C)C)cc2)S(=O)[O-])CC1. The van der Waals surface area contributed by atoms with Gasteiger partial charge in [0.1, 0.15) is 11.6 Å². The second kappa shape index (κ2) is 12.2. The van der Waals surface area contributed by atoms with E-state index in [2.05, 4.69) is 4.72 Å². The van der Waals surface area contributed by atoms with E-state index in [-0.39, 0.29) is 32.1 Å². The van der Waals surface area contributed by atoms with E-state index in [4.69, 9.17) is 4.74 Å². The van der Waals surface area contributed by atoms with E-state index in [9.17, 15) is 21.6 Å². The summed E-state index contributed by atoms with van der Waals surface area (Å²) in [4.78, 5) is 3.87. The molecule has 1 aliphatic heterocycles. The number of anilines is 3. The van der Waals surface area contributed by atoms with Crippen molar-refractivity contribution in [1.29, 1.82) is 0 Å². The van der Waals surface area contributed by atoms with Crippen molar-refractivity contribution in [2.24, 2.45) is 5.92 Å². The first kappa shape index (κ1) is 28.1. The number of methoxy groups -OCH3 is 1. The van der Waals surface area contributed by atoms with Gasteiger partial charge in [0.15, 0.2) is 0 Å². The summed E-state index contributed by atoms with van der Waals surface area (Å²) in [7, 11) is 1.50. The van der Waals surface area contributed by atoms with Crippen LogP contribution in [0, 0.1) is 11.7 Å². The second-order valence-corrected chi connectivity index (χ2v) is 11.5. The maximum Gasteiger partial charge on any atom is 0.279 e. The largest absolute Gasteiger partial charge is 0.755 e. The smallest absolute Gasteiger partial charge is 0.279 e. The first-order valence-electron chi connectivity index (χ1n) is 11.5.